The van der Waals surface area contributed by atoms with Gasteiger partial charge in [-0.25, -0.2) is 8.42 Å². The molecule has 1 fully saturated rings. The Labute approximate surface area is 246 Å². The smallest absolute Gasteiger partial charge is 0.389 e. The number of carbonyl (C=O) groups excluding carboxylic acids is 1. The van der Waals surface area contributed by atoms with Gasteiger partial charge in [0.25, 0.3) is 5.91 Å². The first-order valence-corrected chi connectivity index (χ1v) is 15.4. The van der Waals surface area contributed by atoms with Gasteiger partial charge in [0.2, 0.25) is 0 Å². The van der Waals surface area contributed by atoms with Crippen molar-refractivity contribution in [2.24, 2.45) is 0 Å². The molecule has 2 aromatic rings. The zero-order valence-corrected chi connectivity index (χ0v) is 24.7. The van der Waals surface area contributed by atoms with Crippen LogP contribution in [0.25, 0.3) is 11.3 Å². The fourth-order valence-electron chi connectivity index (χ4n) is 5.19. The summed E-state index contributed by atoms with van der Waals surface area (Å²) >= 11 is 0. The minimum absolute atomic E-state index is 0.0165. The Bertz CT molecular complexity index is 1480. The molecule has 1 aromatic carbocycles. The number of hydrogen-bond acceptors (Lipinski definition) is 7. The molecule has 238 valence electrons. The van der Waals surface area contributed by atoms with Crippen molar-refractivity contribution >= 4 is 15.7 Å². The maximum Gasteiger partial charge on any atom is 0.389 e. The minimum atomic E-state index is -4.62. The molecule has 3 rings (SSSR count). The van der Waals surface area contributed by atoms with Crippen molar-refractivity contribution in [1.82, 2.24) is 15.1 Å². The average Bonchev–Trinajstić information content (AvgIpc) is 3.25. The van der Waals surface area contributed by atoms with Gasteiger partial charge in [0.15, 0.2) is 11.3 Å². The van der Waals surface area contributed by atoms with Gasteiger partial charge in [0, 0.05) is 43.3 Å². The Balaban J connectivity index is 1.92. The summed E-state index contributed by atoms with van der Waals surface area (Å²) in [5.41, 5.74) is -3.64. The third kappa shape index (κ3) is 8.24. The molecule has 0 radical (unpaired) electrons. The molecule has 0 saturated heterocycles. The zero-order valence-electron chi connectivity index (χ0n) is 23.8. The predicted octanol–water partition coefficient (Wildman–Crippen LogP) is 4.09. The third-order valence-electron chi connectivity index (χ3n) is 7.69. The molecule has 0 aliphatic heterocycles. The number of sulfone groups is 1. The predicted molar refractivity (Wildman–Crippen MR) is 147 cm³/mol. The molecule has 1 aromatic heterocycles. The highest BCUT2D eigenvalue weighted by atomic mass is 32.2. The molecule has 15 heteroatoms. The number of aliphatic hydroxyl groups is 2. The van der Waals surface area contributed by atoms with Crippen LogP contribution in [0.1, 0.15) is 67.1 Å². The van der Waals surface area contributed by atoms with Gasteiger partial charge in [0.1, 0.15) is 15.6 Å². The first-order valence-electron chi connectivity index (χ1n) is 13.5. The second kappa shape index (κ2) is 12.8. The molecular formula is C28H34F5N3O6S. The van der Waals surface area contributed by atoms with E-state index in [-0.39, 0.29) is 66.9 Å². The highest BCUT2D eigenvalue weighted by Gasteiger charge is 2.38. The van der Waals surface area contributed by atoms with Crippen LogP contribution in [0, 0.1) is 19.3 Å². The van der Waals surface area contributed by atoms with E-state index in [1.54, 1.807) is 6.92 Å². The highest BCUT2D eigenvalue weighted by molar-refractivity contribution is 7.91. The van der Waals surface area contributed by atoms with E-state index in [1.165, 1.54) is 23.7 Å². The van der Waals surface area contributed by atoms with Crippen LogP contribution in [0.2, 0.25) is 0 Å². The van der Waals surface area contributed by atoms with E-state index in [9.17, 15) is 45.4 Å². The summed E-state index contributed by atoms with van der Waals surface area (Å²) in [6, 6.07) is 3.37. The number of terminal acetylenes is 1. The van der Waals surface area contributed by atoms with Crippen molar-refractivity contribution in [2.75, 3.05) is 12.8 Å². The Kier molecular flexibility index (Phi) is 10.2. The lowest BCUT2D eigenvalue weighted by Gasteiger charge is -2.35. The highest BCUT2D eigenvalue weighted by Crippen LogP contribution is 2.40. The maximum atomic E-state index is 13.4. The summed E-state index contributed by atoms with van der Waals surface area (Å²) in [6.07, 6.45) is 0.312. The molecule has 1 saturated carbocycles. The molecule has 0 spiro atoms. The summed E-state index contributed by atoms with van der Waals surface area (Å²) in [4.78, 5) is 13.1. The van der Waals surface area contributed by atoms with Crippen molar-refractivity contribution in [3.63, 3.8) is 0 Å². The van der Waals surface area contributed by atoms with Crippen LogP contribution >= 0.6 is 0 Å². The van der Waals surface area contributed by atoms with E-state index in [2.05, 4.69) is 15.2 Å². The summed E-state index contributed by atoms with van der Waals surface area (Å²) in [6.45, 7) is -0.154. The SMILES string of the molecule is C#C[C@@](O)(CCC(F)(F)F)c1ccc(-c2c(C)c(C(=O)NCC3(O)CCC(S(C)(=O)=O)CC3)nn2CC)c(OC(F)F)c1. The average molecular weight is 636 g/mol. The van der Waals surface area contributed by atoms with Crippen LogP contribution in [-0.2, 0) is 22.0 Å². The molecule has 43 heavy (non-hydrogen) atoms. The van der Waals surface area contributed by atoms with E-state index >= 15 is 0 Å². The lowest BCUT2D eigenvalue weighted by atomic mass is 9.84. The molecule has 3 N–H and O–H groups in total. The largest absolute Gasteiger partial charge is 0.434 e. The molecule has 0 bridgehead atoms. The van der Waals surface area contributed by atoms with Gasteiger partial charge >= 0.3 is 12.8 Å². The maximum absolute atomic E-state index is 13.4. The van der Waals surface area contributed by atoms with Gasteiger partial charge < -0.3 is 20.3 Å². The Morgan fingerprint density at radius 2 is 1.91 bits per heavy atom. The van der Waals surface area contributed by atoms with E-state index in [0.717, 1.165) is 12.3 Å². The number of carbonyl (C=O) groups is 1. The van der Waals surface area contributed by atoms with Gasteiger partial charge in [0.05, 0.1) is 16.5 Å². The second-order valence-electron chi connectivity index (χ2n) is 10.8. The van der Waals surface area contributed by atoms with Gasteiger partial charge in [-0.15, -0.1) is 6.42 Å². The third-order valence-corrected chi connectivity index (χ3v) is 9.37. The number of rotatable bonds is 11. The fraction of sp³-hybridized carbons (Fsp3) is 0.571. The number of benzene rings is 1. The van der Waals surface area contributed by atoms with Crippen molar-refractivity contribution in [3.8, 4) is 29.4 Å². The summed E-state index contributed by atoms with van der Waals surface area (Å²) in [5.74, 6) is 0.726. The van der Waals surface area contributed by atoms with Crippen LogP contribution in [-0.4, -0.2) is 70.8 Å². The number of halogens is 5. The molecule has 1 amide bonds. The van der Waals surface area contributed by atoms with Crippen LogP contribution in [0.4, 0.5) is 22.0 Å². The zero-order chi connectivity index (χ0) is 32.4. The minimum Gasteiger partial charge on any atom is -0.434 e. The summed E-state index contributed by atoms with van der Waals surface area (Å²) < 4.78 is 95.0. The molecule has 1 atom stereocenters. The van der Waals surface area contributed by atoms with E-state index in [1.807, 2.05) is 5.92 Å². The number of amides is 1. The normalized spacial score (nSPS) is 20.8. The number of nitrogens with zero attached hydrogens (tertiary/aromatic N) is 2. The lowest BCUT2D eigenvalue weighted by molar-refractivity contribution is -0.143. The number of aromatic nitrogens is 2. The second-order valence-corrected chi connectivity index (χ2v) is 13.1. The molecule has 0 unspecified atom stereocenters. The topological polar surface area (TPSA) is 131 Å². The van der Waals surface area contributed by atoms with E-state index in [4.69, 9.17) is 6.42 Å². The molecule has 1 aliphatic rings. The standard InChI is InChI=1S/C28H34F5N3O6S/c1-5-27(39,13-14-28(31,32)33)18-7-8-20(21(15-18)42-25(29)30)23-17(3)22(35-36(23)6-2)24(37)34-16-26(38)11-9-19(10-12-26)43(4,40)41/h1,7-8,15,19,25,38-39H,6,9-14,16H2,2-4H3,(H,34,37)/t19?,26?,27-/m1/s1. The number of alkyl halides is 5. The Morgan fingerprint density at radius 1 is 1.28 bits per heavy atom. The van der Waals surface area contributed by atoms with Gasteiger partial charge in [-0.05, 0) is 57.2 Å². The monoisotopic (exact) mass is 635 g/mol. The lowest BCUT2D eigenvalue weighted by Crippen LogP contribution is -2.47. The van der Waals surface area contributed by atoms with Crippen LogP contribution in [0.15, 0.2) is 18.2 Å². The molecule has 1 heterocycles. The van der Waals surface area contributed by atoms with Gasteiger partial charge in [-0.3, -0.25) is 9.48 Å². The van der Waals surface area contributed by atoms with Crippen LogP contribution in [0.3, 0.4) is 0 Å². The van der Waals surface area contributed by atoms with E-state index in [0.29, 0.717) is 0 Å². The fourth-order valence-corrected chi connectivity index (χ4v) is 6.28. The number of ether oxygens (including phenoxy) is 1. The number of aryl methyl sites for hydroxylation is 1. The molecule has 1 aliphatic carbocycles. The summed E-state index contributed by atoms with van der Waals surface area (Å²) in [5, 5.41) is 28.0. The first-order chi connectivity index (χ1) is 19.8. The Hall–Kier alpha value is -3.22. The molecular weight excluding hydrogens is 601 g/mol. The molecule has 9 nitrogen and oxygen atoms in total. The first kappa shape index (κ1) is 34.3. The van der Waals surface area contributed by atoms with Crippen molar-refractivity contribution in [2.45, 2.75) is 88.2 Å². The van der Waals surface area contributed by atoms with Crippen LogP contribution in [0.5, 0.6) is 5.75 Å². The quantitative estimate of drug-likeness (QED) is 0.251. The van der Waals surface area contributed by atoms with Gasteiger partial charge in [-0.2, -0.15) is 27.1 Å². The summed E-state index contributed by atoms with van der Waals surface area (Å²) in [7, 11) is -3.26. The van der Waals surface area contributed by atoms with Crippen molar-refractivity contribution < 1.29 is 50.1 Å². The number of nitrogens with one attached hydrogen (secondary N) is 1. The van der Waals surface area contributed by atoms with E-state index < -0.39 is 63.6 Å². The van der Waals surface area contributed by atoms with Crippen molar-refractivity contribution in [3.05, 3.63) is 35.0 Å². The van der Waals surface area contributed by atoms with Gasteiger partial charge in [-0.1, -0.05) is 12.0 Å². The van der Waals surface area contributed by atoms with Crippen LogP contribution < -0.4 is 10.1 Å². The van der Waals surface area contributed by atoms with Crippen molar-refractivity contribution in [1.29, 1.82) is 0 Å². The Morgan fingerprint density at radius 3 is 2.42 bits per heavy atom. The number of hydrogen-bond donors (Lipinski definition) is 3.